The quantitative estimate of drug-likeness (QED) is 0.225. The molecular weight excluding hydrogens is 465 g/mol. The molecule has 0 N–H and O–H groups in total. The third-order valence-electron chi connectivity index (χ3n) is 4.67. The number of aryl methyl sites for hydroxylation is 2. The van der Waals surface area contributed by atoms with E-state index >= 15 is 0 Å². The van der Waals surface area contributed by atoms with Crippen LogP contribution in [-0.4, -0.2) is 20.7 Å². The molecule has 0 aliphatic rings. The standard InChI is InChI=1S/C22H20N4OS4/c1-14-9-10-19(11-15(14)2)25(16(3)27)20-23-17(12-29-20)13-30-21-24-26(22(28)31-21)18-7-5-4-6-8-18/h4-12H,13H2,1-3H3. The van der Waals surface area contributed by atoms with Crippen LogP contribution in [0.1, 0.15) is 23.7 Å². The Balaban J connectivity index is 1.51. The molecule has 1 amide bonds. The summed E-state index contributed by atoms with van der Waals surface area (Å²) in [6.45, 7) is 5.67. The monoisotopic (exact) mass is 484 g/mol. The van der Waals surface area contributed by atoms with Crippen molar-refractivity contribution in [2.24, 2.45) is 0 Å². The lowest BCUT2D eigenvalue weighted by atomic mass is 10.1. The predicted octanol–water partition coefficient (Wildman–Crippen LogP) is 6.71. The van der Waals surface area contributed by atoms with Gasteiger partial charge in [0.15, 0.2) is 13.4 Å². The Morgan fingerprint density at radius 3 is 2.65 bits per heavy atom. The van der Waals surface area contributed by atoms with Gasteiger partial charge in [-0.15, -0.1) is 16.4 Å². The van der Waals surface area contributed by atoms with Crippen LogP contribution in [0.5, 0.6) is 0 Å². The van der Waals surface area contributed by atoms with Gasteiger partial charge < -0.3 is 0 Å². The minimum Gasteiger partial charge on any atom is -0.274 e. The van der Waals surface area contributed by atoms with Gasteiger partial charge >= 0.3 is 0 Å². The zero-order chi connectivity index (χ0) is 22.0. The fraction of sp³-hybridized carbons (Fsp3) is 0.182. The molecule has 0 radical (unpaired) electrons. The van der Waals surface area contributed by atoms with Crippen LogP contribution in [0.25, 0.3) is 5.69 Å². The molecule has 0 fully saturated rings. The third-order valence-corrected chi connectivity index (χ3v) is 7.94. The van der Waals surface area contributed by atoms with Crippen LogP contribution >= 0.6 is 46.7 Å². The molecule has 0 aliphatic heterocycles. The summed E-state index contributed by atoms with van der Waals surface area (Å²) in [5, 5.41) is 7.30. The van der Waals surface area contributed by atoms with Gasteiger partial charge in [-0.3, -0.25) is 9.69 Å². The van der Waals surface area contributed by atoms with Gasteiger partial charge in [-0.25, -0.2) is 9.67 Å². The molecule has 2 heterocycles. The second kappa shape index (κ2) is 9.44. The highest BCUT2D eigenvalue weighted by atomic mass is 32.2. The van der Waals surface area contributed by atoms with Crippen LogP contribution in [0.15, 0.2) is 58.3 Å². The van der Waals surface area contributed by atoms with E-state index in [1.165, 1.54) is 28.2 Å². The van der Waals surface area contributed by atoms with Gasteiger partial charge in [0.05, 0.1) is 17.1 Å². The number of hydrogen-bond donors (Lipinski definition) is 0. The van der Waals surface area contributed by atoms with E-state index < -0.39 is 0 Å². The average Bonchev–Trinajstić information content (AvgIpc) is 3.36. The van der Waals surface area contributed by atoms with Crippen molar-refractivity contribution in [3.8, 4) is 5.69 Å². The van der Waals surface area contributed by atoms with Crippen LogP contribution in [0, 0.1) is 17.8 Å². The Hall–Kier alpha value is -2.33. The molecule has 5 nitrogen and oxygen atoms in total. The third kappa shape index (κ3) is 4.95. The highest BCUT2D eigenvalue weighted by molar-refractivity contribution is 8.00. The Labute approximate surface area is 198 Å². The molecule has 0 atom stereocenters. The smallest absolute Gasteiger partial charge is 0.230 e. The summed E-state index contributed by atoms with van der Waals surface area (Å²) < 4.78 is 3.39. The van der Waals surface area contributed by atoms with Crippen molar-refractivity contribution in [1.82, 2.24) is 14.8 Å². The highest BCUT2D eigenvalue weighted by Crippen LogP contribution is 2.33. The van der Waals surface area contributed by atoms with E-state index in [4.69, 9.17) is 17.2 Å². The minimum atomic E-state index is -0.0589. The van der Waals surface area contributed by atoms with Crippen LogP contribution in [0.4, 0.5) is 10.8 Å². The molecule has 4 aromatic rings. The van der Waals surface area contributed by atoms with Gasteiger partial charge in [-0.2, -0.15) is 0 Å². The van der Waals surface area contributed by atoms with E-state index in [9.17, 15) is 4.79 Å². The molecule has 0 aliphatic carbocycles. The van der Waals surface area contributed by atoms with Crippen molar-refractivity contribution in [3.05, 3.63) is 74.7 Å². The normalized spacial score (nSPS) is 10.9. The molecule has 4 rings (SSSR count). The number of carbonyl (C=O) groups excluding carboxylic acids is 1. The summed E-state index contributed by atoms with van der Waals surface area (Å²) >= 11 is 10.0. The minimum absolute atomic E-state index is 0.0589. The van der Waals surface area contributed by atoms with Crippen molar-refractivity contribution in [2.75, 3.05) is 4.90 Å². The van der Waals surface area contributed by atoms with Crippen LogP contribution in [-0.2, 0) is 10.5 Å². The number of nitrogens with zero attached hydrogens (tertiary/aromatic N) is 4. The van der Waals surface area contributed by atoms with Crippen molar-refractivity contribution in [1.29, 1.82) is 0 Å². The van der Waals surface area contributed by atoms with Gasteiger partial charge in [0, 0.05) is 18.1 Å². The largest absolute Gasteiger partial charge is 0.274 e. The first-order chi connectivity index (χ1) is 14.9. The van der Waals surface area contributed by atoms with Gasteiger partial charge in [0.2, 0.25) is 5.91 Å². The predicted molar refractivity (Wildman–Crippen MR) is 133 cm³/mol. The number of benzene rings is 2. The SMILES string of the molecule is CC(=O)N(c1ccc(C)c(C)c1)c1nc(CSc2nn(-c3ccccc3)c(=S)s2)cs1. The fourth-order valence-electron chi connectivity index (χ4n) is 2.94. The first-order valence-electron chi connectivity index (χ1n) is 9.53. The summed E-state index contributed by atoms with van der Waals surface area (Å²) in [5.41, 5.74) is 5.04. The second-order valence-electron chi connectivity index (χ2n) is 6.91. The zero-order valence-electron chi connectivity index (χ0n) is 17.2. The molecule has 0 spiro atoms. The van der Waals surface area contributed by atoms with E-state index in [0.717, 1.165) is 27.0 Å². The lowest BCUT2D eigenvalue weighted by Gasteiger charge is -2.19. The zero-order valence-corrected chi connectivity index (χ0v) is 20.5. The number of anilines is 2. The van der Waals surface area contributed by atoms with E-state index in [0.29, 0.717) is 14.8 Å². The van der Waals surface area contributed by atoms with Gasteiger partial charge in [-0.1, -0.05) is 47.4 Å². The summed E-state index contributed by atoms with van der Waals surface area (Å²) in [5.74, 6) is 0.600. The van der Waals surface area contributed by atoms with Gasteiger partial charge in [-0.05, 0) is 61.5 Å². The first kappa shape index (κ1) is 21.9. The van der Waals surface area contributed by atoms with Crippen LogP contribution < -0.4 is 4.90 Å². The topological polar surface area (TPSA) is 51.0 Å². The van der Waals surface area contributed by atoms with Crippen molar-refractivity contribution >= 4 is 63.4 Å². The molecule has 2 aromatic heterocycles. The Morgan fingerprint density at radius 2 is 1.94 bits per heavy atom. The molecule has 9 heteroatoms. The average molecular weight is 485 g/mol. The maximum atomic E-state index is 12.4. The number of thioether (sulfide) groups is 1. The van der Waals surface area contributed by atoms with E-state index in [1.807, 2.05) is 60.8 Å². The molecule has 0 bridgehead atoms. The number of thiazole rings is 1. The summed E-state index contributed by atoms with van der Waals surface area (Å²) in [7, 11) is 0. The molecule has 31 heavy (non-hydrogen) atoms. The molecular formula is C22H20N4OS4. The molecule has 0 unspecified atom stereocenters. The highest BCUT2D eigenvalue weighted by Gasteiger charge is 2.19. The van der Waals surface area contributed by atoms with Gasteiger partial charge in [0.25, 0.3) is 0 Å². The van der Waals surface area contributed by atoms with Crippen molar-refractivity contribution in [2.45, 2.75) is 30.9 Å². The number of carbonyl (C=O) groups is 1. The second-order valence-corrected chi connectivity index (χ2v) is 10.6. The number of hydrogen-bond acceptors (Lipinski definition) is 7. The number of aromatic nitrogens is 3. The van der Waals surface area contributed by atoms with E-state index in [1.54, 1.807) is 28.3 Å². The number of para-hydroxylation sites is 1. The molecule has 0 saturated heterocycles. The molecule has 0 saturated carbocycles. The lowest BCUT2D eigenvalue weighted by Crippen LogP contribution is -2.22. The van der Waals surface area contributed by atoms with Gasteiger partial charge in [0.1, 0.15) is 0 Å². The van der Waals surface area contributed by atoms with Crippen molar-refractivity contribution in [3.63, 3.8) is 0 Å². The maximum Gasteiger partial charge on any atom is 0.230 e. The number of rotatable bonds is 6. The summed E-state index contributed by atoms with van der Waals surface area (Å²) in [6.07, 6.45) is 0. The fourth-order valence-corrected chi connectivity index (χ4v) is 6.19. The van der Waals surface area contributed by atoms with E-state index in [-0.39, 0.29) is 5.91 Å². The number of amides is 1. The summed E-state index contributed by atoms with van der Waals surface area (Å²) in [6, 6.07) is 15.9. The molecule has 158 valence electrons. The Morgan fingerprint density at radius 1 is 1.16 bits per heavy atom. The Bertz CT molecular complexity index is 1280. The van der Waals surface area contributed by atoms with Crippen LogP contribution in [0.3, 0.4) is 0 Å². The van der Waals surface area contributed by atoms with Crippen LogP contribution in [0.2, 0.25) is 0 Å². The maximum absolute atomic E-state index is 12.4. The Kier molecular flexibility index (Phi) is 6.66. The molecule has 2 aromatic carbocycles. The lowest BCUT2D eigenvalue weighted by molar-refractivity contribution is -0.115. The van der Waals surface area contributed by atoms with Crippen molar-refractivity contribution < 1.29 is 4.79 Å². The first-order valence-corrected chi connectivity index (χ1v) is 12.6. The van der Waals surface area contributed by atoms with E-state index in [2.05, 4.69) is 12.0 Å². The summed E-state index contributed by atoms with van der Waals surface area (Å²) in [4.78, 5) is 18.7.